The van der Waals surface area contributed by atoms with Gasteiger partial charge in [0.15, 0.2) is 5.96 Å². The quantitative estimate of drug-likeness (QED) is 0.903. The number of guanidine groups is 1. The van der Waals surface area contributed by atoms with Crippen LogP contribution in [0.4, 0.5) is 5.69 Å². The van der Waals surface area contributed by atoms with Crippen molar-refractivity contribution in [3.05, 3.63) is 54.1 Å². The molecular formula is C17H19N3S. The van der Waals surface area contributed by atoms with Crippen molar-refractivity contribution in [2.24, 2.45) is 0 Å². The number of anilines is 1. The summed E-state index contributed by atoms with van der Waals surface area (Å²) in [6, 6.07) is 17.0. The van der Waals surface area contributed by atoms with Gasteiger partial charge in [-0.2, -0.15) is 0 Å². The number of benzene rings is 2. The van der Waals surface area contributed by atoms with Gasteiger partial charge >= 0.3 is 0 Å². The molecule has 0 radical (unpaired) electrons. The van der Waals surface area contributed by atoms with Crippen LogP contribution in [0.1, 0.15) is 12.0 Å². The first-order chi connectivity index (χ1) is 10.2. The first kappa shape index (κ1) is 14.0. The van der Waals surface area contributed by atoms with E-state index in [-0.39, 0.29) is 0 Å². The molecule has 1 aliphatic heterocycles. The highest BCUT2D eigenvalue weighted by molar-refractivity contribution is 7.99. The van der Waals surface area contributed by atoms with Gasteiger partial charge in [0.2, 0.25) is 0 Å². The second-order valence-corrected chi connectivity index (χ2v) is 6.34. The van der Waals surface area contributed by atoms with E-state index in [0.29, 0.717) is 5.96 Å². The molecule has 21 heavy (non-hydrogen) atoms. The largest absolute Gasteiger partial charge is 0.356 e. The predicted octanol–water partition coefficient (Wildman–Crippen LogP) is 3.88. The summed E-state index contributed by atoms with van der Waals surface area (Å²) in [5.41, 5.74) is 2.37. The van der Waals surface area contributed by atoms with Gasteiger partial charge in [0, 0.05) is 28.6 Å². The predicted molar refractivity (Wildman–Crippen MR) is 89.4 cm³/mol. The molecule has 2 N–H and O–H groups in total. The number of nitrogens with zero attached hydrogens (tertiary/aromatic N) is 1. The maximum atomic E-state index is 7.95. The van der Waals surface area contributed by atoms with Crippen molar-refractivity contribution in [1.29, 1.82) is 5.41 Å². The van der Waals surface area contributed by atoms with Crippen LogP contribution < -0.4 is 10.2 Å². The average molecular weight is 297 g/mol. The fourth-order valence-corrected chi connectivity index (χ4v) is 3.16. The highest BCUT2D eigenvalue weighted by Gasteiger charge is 2.15. The topological polar surface area (TPSA) is 39.1 Å². The van der Waals surface area contributed by atoms with Gasteiger partial charge in [-0.15, -0.1) is 0 Å². The van der Waals surface area contributed by atoms with Crippen molar-refractivity contribution in [2.45, 2.75) is 23.1 Å². The van der Waals surface area contributed by atoms with Gasteiger partial charge in [-0.05, 0) is 49.7 Å². The van der Waals surface area contributed by atoms with Crippen molar-refractivity contribution in [3.63, 3.8) is 0 Å². The molecule has 1 saturated heterocycles. The normalized spacial score (nSPS) is 14.9. The van der Waals surface area contributed by atoms with Crippen LogP contribution in [0.25, 0.3) is 0 Å². The number of aryl methyl sites for hydroxylation is 1. The van der Waals surface area contributed by atoms with Gasteiger partial charge in [0.05, 0.1) is 0 Å². The Morgan fingerprint density at radius 3 is 2.24 bits per heavy atom. The summed E-state index contributed by atoms with van der Waals surface area (Å²) in [5, 5.41) is 11.0. The first-order valence-corrected chi connectivity index (χ1v) is 7.98. The van der Waals surface area contributed by atoms with Crippen molar-refractivity contribution >= 4 is 23.4 Å². The summed E-state index contributed by atoms with van der Waals surface area (Å²) in [5.74, 6) is 0.500. The van der Waals surface area contributed by atoms with Crippen molar-refractivity contribution < 1.29 is 0 Å². The fourth-order valence-electron chi connectivity index (χ4n) is 2.35. The maximum Gasteiger partial charge on any atom is 0.195 e. The van der Waals surface area contributed by atoms with Crippen LogP contribution in [0.15, 0.2) is 58.3 Å². The molecular weight excluding hydrogens is 278 g/mol. The second-order valence-electron chi connectivity index (χ2n) is 5.19. The van der Waals surface area contributed by atoms with Crippen LogP contribution in [0.2, 0.25) is 0 Å². The lowest BCUT2D eigenvalue weighted by molar-refractivity contribution is 0.707. The van der Waals surface area contributed by atoms with Crippen LogP contribution >= 0.6 is 11.8 Å². The zero-order valence-electron chi connectivity index (χ0n) is 12.1. The van der Waals surface area contributed by atoms with Gasteiger partial charge in [0.25, 0.3) is 0 Å². The van der Waals surface area contributed by atoms with Gasteiger partial charge in [0.1, 0.15) is 0 Å². The van der Waals surface area contributed by atoms with Crippen molar-refractivity contribution in [2.75, 3.05) is 18.0 Å². The molecule has 0 spiro atoms. The third-order valence-electron chi connectivity index (χ3n) is 3.53. The van der Waals surface area contributed by atoms with Crippen LogP contribution in [-0.4, -0.2) is 19.0 Å². The van der Waals surface area contributed by atoms with Crippen molar-refractivity contribution in [1.82, 2.24) is 5.32 Å². The summed E-state index contributed by atoms with van der Waals surface area (Å²) in [7, 11) is 0. The molecule has 1 fully saturated rings. The summed E-state index contributed by atoms with van der Waals surface area (Å²) in [6.45, 7) is 3.91. The Morgan fingerprint density at radius 2 is 1.62 bits per heavy atom. The van der Waals surface area contributed by atoms with E-state index < -0.39 is 0 Å². The Kier molecular flexibility index (Phi) is 4.15. The fraction of sp³-hybridized carbons (Fsp3) is 0.235. The molecule has 0 unspecified atom stereocenters. The SMILES string of the molecule is Cc1ccc(Sc2ccc(N3CCCNC3=N)cc2)cc1. The lowest BCUT2D eigenvalue weighted by atomic mass is 10.2. The van der Waals surface area contributed by atoms with Gasteiger partial charge in [-0.25, -0.2) is 0 Å². The molecule has 0 saturated carbocycles. The van der Waals surface area contributed by atoms with Crippen LogP contribution in [-0.2, 0) is 0 Å². The molecule has 0 bridgehead atoms. The highest BCUT2D eigenvalue weighted by Crippen LogP contribution is 2.29. The molecule has 0 amide bonds. The third kappa shape index (κ3) is 3.39. The molecule has 2 aromatic rings. The molecule has 3 rings (SSSR count). The van der Waals surface area contributed by atoms with E-state index >= 15 is 0 Å². The van der Waals surface area contributed by atoms with Gasteiger partial charge in [-0.3, -0.25) is 5.41 Å². The van der Waals surface area contributed by atoms with E-state index in [0.717, 1.165) is 25.2 Å². The minimum absolute atomic E-state index is 0.500. The Morgan fingerprint density at radius 1 is 1.00 bits per heavy atom. The second kappa shape index (κ2) is 6.22. The van der Waals surface area contributed by atoms with Crippen molar-refractivity contribution in [3.8, 4) is 0 Å². The Balaban J connectivity index is 1.71. The molecule has 1 heterocycles. The molecule has 0 aliphatic carbocycles. The summed E-state index contributed by atoms with van der Waals surface area (Å²) in [4.78, 5) is 4.49. The Labute approximate surface area is 129 Å². The summed E-state index contributed by atoms with van der Waals surface area (Å²) in [6.07, 6.45) is 1.07. The minimum atomic E-state index is 0.500. The number of rotatable bonds is 3. The Bertz CT molecular complexity index is 619. The van der Waals surface area contributed by atoms with Crippen LogP contribution in [0.3, 0.4) is 0 Å². The molecule has 4 heteroatoms. The number of nitrogens with one attached hydrogen (secondary N) is 2. The zero-order valence-corrected chi connectivity index (χ0v) is 12.9. The monoisotopic (exact) mass is 297 g/mol. The van der Waals surface area contributed by atoms with E-state index in [9.17, 15) is 0 Å². The van der Waals surface area contributed by atoms with Crippen LogP contribution in [0.5, 0.6) is 0 Å². The first-order valence-electron chi connectivity index (χ1n) is 7.17. The van der Waals surface area contributed by atoms with Gasteiger partial charge in [-0.1, -0.05) is 29.5 Å². The smallest absolute Gasteiger partial charge is 0.195 e. The van der Waals surface area contributed by atoms with E-state index in [1.54, 1.807) is 11.8 Å². The highest BCUT2D eigenvalue weighted by atomic mass is 32.2. The lowest BCUT2D eigenvalue weighted by Gasteiger charge is -2.30. The standard InChI is InChI=1S/C17H19N3S/c1-13-3-7-15(8-4-13)21-16-9-5-14(6-10-16)20-12-2-11-19-17(20)18/h3-10H,2,11-12H2,1H3,(H2,18,19). The minimum Gasteiger partial charge on any atom is -0.356 e. The summed E-state index contributed by atoms with van der Waals surface area (Å²) >= 11 is 1.76. The van der Waals surface area contributed by atoms with E-state index in [1.807, 2.05) is 4.90 Å². The van der Waals surface area contributed by atoms with E-state index in [4.69, 9.17) is 5.41 Å². The number of hydrogen-bond donors (Lipinski definition) is 2. The molecule has 3 nitrogen and oxygen atoms in total. The molecule has 0 atom stereocenters. The van der Waals surface area contributed by atoms with Gasteiger partial charge < -0.3 is 10.2 Å². The van der Waals surface area contributed by atoms with E-state index in [1.165, 1.54) is 15.4 Å². The lowest BCUT2D eigenvalue weighted by Crippen LogP contribution is -2.47. The number of hydrogen-bond acceptors (Lipinski definition) is 2. The molecule has 2 aromatic carbocycles. The van der Waals surface area contributed by atoms with Crippen LogP contribution in [0, 0.1) is 12.3 Å². The molecule has 108 valence electrons. The molecule has 0 aromatic heterocycles. The maximum absolute atomic E-state index is 7.95. The summed E-state index contributed by atoms with van der Waals surface area (Å²) < 4.78 is 0. The third-order valence-corrected chi connectivity index (χ3v) is 4.54. The average Bonchev–Trinajstić information content (AvgIpc) is 2.51. The van der Waals surface area contributed by atoms with E-state index in [2.05, 4.69) is 60.8 Å². The zero-order chi connectivity index (χ0) is 14.7. The molecule has 1 aliphatic rings. The Hall–Kier alpha value is -1.94.